The van der Waals surface area contributed by atoms with E-state index in [-0.39, 0.29) is 5.88 Å². The first-order valence-electron chi connectivity index (χ1n) is 6.32. The summed E-state index contributed by atoms with van der Waals surface area (Å²) in [4.78, 5) is 13.5. The first-order valence-corrected chi connectivity index (χ1v) is 7.80. The largest absolute Gasteiger partial charge is 0.416 e. The topological polar surface area (TPSA) is 55.3 Å². The van der Waals surface area contributed by atoms with Crippen molar-refractivity contribution in [3.05, 3.63) is 28.2 Å². The van der Waals surface area contributed by atoms with E-state index in [4.69, 9.17) is 27.9 Å². The average Bonchev–Trinajstić information content (AvgIpc) is 2.88. The maximum atomic E-state index is 12.0. The monoisotopic (exact) mass is 345 g/mol. The van der Waals surface area contributed by atoms with Gasteiger partial charge in [0.1, 0.15) is 0 Å². The third-order valence-corrected chi connectivity index (χ3v) is 4.01. The van der Waals surface area contributed by atoms with Crippen LogP contribution in [-0.2, 0) is 0 Å². The molecule has 0 fully saturated rings. The number of amides is 1. The summed E-state index contributed by atoms with van der Waals surface area (Å²) in [5.74, 6) is 0.117. The predicted octanol–water partition coefficient (Wildman–Crippen LogP) is 4.35. The molecule has 0 bridgehead atoms. The Labute approximate surface area is 136 Å². The van der Waals surface area contributed by atoms with Gasteiger partial charge in [-0.1, -0.05) is 29.3 Å². The van der Waals surface area contributed by atoms with Gasteiger partial charge in [-0.25, -0.2) is 4.79 Å². The molecule has 0 saturated carbocycles. The van der Waals surface area contributed by atoms with Crippen molar-refractivity contribution in [2.75, 3.05) is 13.1 Å². The Balaban J connectivity index is 2.33. The van der Waals surface area contributed by atoms with Gasteiger partial charge in [-0.3, -0.25) is 0 Å². The van der Waals surface area contributed by atoms with E-state index in [0.29, 0.717) is 34.4 Å². The van der Waals surface area contributed by atoms with Gasteiger partial charge >= 0.3 is 6.09 Å². The summed E-state index contributed by atoms with van der Waals surface area (Å²) in [5.41, 5.74) is 0.882. The van der Waals surface area contributed by atoms with Crippen LogP contribution >= 0.6 is 34.9 Å². The number of carbonyl (C=O) groups excluding carboxylic acids is 1. The number of halogens is 2. The minimum atomic E-state index is -0.475. The minimum absolute atomic E-state index is 0.117. The van der Waals surface area contributed by atoms with Crippen molar-refractivity contribution in [1.29, 1.82) is 0 Å². The zero-order valence-corrected chi connectivity index (χ0v) is 13.8. The third kappa shape index (κ3) is 3.45. The van der Waals surface area contributed by atoms with E-state index in [1.165, 1.54) is 4.90 Å². The average molecular weight is 346 g/mol. The summed E-state index contributed by atoms with van der Waals surface area (Å²) < 4.78 is 13.4. The molecular formula is C13H13Cl2N3O2S. The molecule has 0 atom stereocenters. The van der Waals surface area contributed by atoms with Crippen molar-refractivity contribution in [1.82, 2.24) is 13.6 Å². The lowest BCUT2D eigenvalue weighted by Crippen LogP contribution is -2.33. The molecule has 2 rings (SSSR count). The molecule has 1 amide bonds. The van der Waals surface area contributed by atoms with Crippen LogP contribution in [-0.4, -0.2) is 32.8 Å². The van der Waals surface area contributed by atoms with Crippen LogP contribution in [0.4, 0.5) is 4.79 Å². The molecule has 0 aliphatic carbocycles. The fourth-order valence-corrected chi connectivity index (χ4v) is 2.82. The van der Waals surface area contributed by atoms with Gasteiger partial charge in [0.25, 0.3) is 5.88 Å². The van der Waals surface area contributed by atoms with Crippen LogP contribution in [0, 0.1) is 0 Å². The Kier molecular flexibility index (Phi) is 5.39. The van der Waals surface area contributed by atoms with Crippen molar-refractivity contribution in [3.63, 3.8) is 0 Å². The molecule has 0 aliphatic rings. The molecule has 0 spiro atoms. The molecule has 0 radical (unpaired) electrons. The van der Waals surface area contributed by atoms with Gasteiger partial charge in [-0.05, 0) is 26.0 Å². The molecule has 0 unspecified atom stereocenters. The lowest BCUT2D eigenvalue weighted by Gasteiger charge is -2.17. The minimum Gasteiger partial charge on any atom is -0.388 e. The van der Waals surface area contributed by atoms with Gasteiger partial charge < -0.3 is 9.64 Å². The van der Waals surface area contributed by atoms with E-state index in [2.05, 4.69) is 8.75 Å². The quantitative estimate of drug-likeness (QED) is 0.826. The third-order valence-electron chi connectivity index (χ3n) is 2.86. The lowest BCUT2D eigenvalue weighted by molar-refractivity contribution is 0.156. The molecule has 21 heavy (non-hydrogen) atoms. The van der Waals surface area contributed by atoms with Gasteiger partial charge in [0, 0.05) is 18.7 Å². The molecule has 2 aromatic rings. The van der Waals surface area contributed by atoms with Crippen LogP contribution < -0.4 is 4.74 Å². The summed E-state index contributed by atoms with van der Waals surface area (Å²) in [6.45, 7) is 4.84. The van der Waals surface area contributed by atoms with Crippen molar-refractivity contribution >= 4 is 41.0 Å². The molecule has 1 aromatic heterocycles. The van der Waals surface area contributed by atoms with E-state index in [9.17, 15) is 4.79 Å². The Bertz CT molecular complexity index is 624. The number of aromatic nitrogens is 2. The summed E-state index contributed by atoms with van der Waals surface area (Å²) >= 11 is 13.2. The highest BCUT2D eigenvalue weighted by Crippen LogP contribution is 2.38. The standard InChI is InChI=1S/C13H13Cl2N3O2S/c1-3-18(4-2)13(19)20-12-11(16-21-17-12)10-8(14)6-5-7-9(10)15/h5-7H,3-4H2,1-2H3. The SMILES string of the molecule is CCN(CC)C(=O)Oc1nsnc1-c1c(Cl)cccc1Cl. The van der Waals surface area contributed by atoms with Gasteiger partial charge in [0.15, 0.2) is 5.69 Å². The smallest absolute Gasteiger partial charge is 0.388 e. The summed E-state index contributed by atoms with van der Waals surface area (Å²) in [5, 5.41) is 0.852. The van der Waals surface area contributed by atoms with E-state index < -0.39 is 6.09 Å². The van der Waals surface area contributed by atoms with E-state index in [0.717, 1.165) is 11.7 Å². The lowest BCUT2D eigenvalue weighted by atomic mass is 10.1. The Morgan fingerprint density at radius 1 is 1.24 bits per heavy atom. The molecule has 8 heteroatoms. The number of hydrogen-bond donors (Lipinski definition) is 0. The van der Waals surface area contributed by atoms with Gasteiger partial charge in [-0.2, -0.15) is 4.37 Å². The fraction of sp³-hybridized carbons (Fsp3) is 0.308. The summed E-state index contributed by atoms with van der Waals surface area (Å²) in [6.07, 6.45) is -0.475. The Morgan fingerprint density at radius 3 is 2.43 bits per heavy atom. The number of carbonyl (C=O) groups is 1. The second-order valence-electron chi connectivity index (χ2n) is 4.05. The molecule has 0 N–H and O–H groups in total. The number of rotatable bonds is 4. The zero-order chi connectivity index (χ0) is 15.4. The highest BCUT2D eigenvalue weighted by molar-refractivity contribution is 6.99. The number of nitrogens with zero attached hydrogens (tertiary/aromatic N) is 3. The molecule has 0 aliphatic heterocycles. The molecule has 112 valence electrons. The van der Waals surface area contributed by atoms with Crippen molar-refractivity contribution in [3.8, 4) is 17.1 Å². The second kappa shape index (κ2) is 7.06. The maximum absolute atomic E-state index is 12.0. The Morgan fingerprint density at radius 2 is 1.86 bits per heavy atom. The number of benzene rings is 1. The van der Waals surface area contributed by atoms with Crippen LogP contribution in [0.3, 0.4) is 0 Å². The number of ether oxygens (including phenoxy) is 1. The summed E-state index contributed by atoms with van der Waals surface area (Å²) in [6, 6.07) is 5.12. The van der Waals surface area contributed by atoms with Gasteiger partial charge in [-0.15, -0.1) is 4.37 Å². The van der Waals surface area contributed by atoms with Gasteiger partial charge in [0.05, 0.1) is 21.8 Å². The highest BCUT2D eigenvalue weighted by Gasteiger charge is 2.22. The van der Waals surface area contributed by atoms with Crippen LogP contribution in [0.5, 0.6) is 5.88 Å². The summed E-state index contributed by atoms with van der Waals surface area (Å²) in [7, 11) is 0. The van der Waals surface area contributed by atoms with E-state index in [1.807, 2.05) is 13.8 Å². The highest BCUT2D eigenvalue weighted by atomic mass is 35.5. The normalized spacial score (nSPS) is 10.5. The first-order chi connectivity index (χ1) is 10.1. The molecule has 1 aromatic carbocycles. The van der Waals surface area contributed by atoms with E-state index in [1.54, 1.807) is 18.2 Å². The maximum Gasteiger partial charge on any atom is 0.416 e. The first kappa shape index (κ1) is 16.0. The molecule has 1 heterocycles. The van der Waals surface area contributed by atoms with Crippen LogP contribution in [0.2, 0.25) is 10.0 Å². The Hall–Kier alpha value is -1.37. The molecule has 0 saturated heterocycles. The zero-order valence-electron chi connectivity index (χ0n) is 11.5. The molecule has 5 nitrogen and oxygen atoms in total. The second-order valence-corrected chi connectivity index (χ2v) is 5.40. The van der Waals surface area contributed by atoms with E-state index >= 15 is 0 Å². The van der Waals surface area contributed by atoms with Crippen molar-refractivity contribution in [2.24, 2.45) is 0 Å². The predicted molar refractivity (Wildman–Crippen MR) is 84.3 cm³/mol. The van der Waals surface area contributed by atoms with Crippen LogP contribution in [0.1, 0.15) is 13.8 Å². The van der Waals surface area contributed by atoms with Crippen molar-refractivity contribution < 1.29 is 9.53 Å². The number of hydrogen-bond acceptors (Lipinski definition) is 5. The van der Waals surface area contributed by atoms with Crippen LogP contribution in [0.25, 0.3) is 11.3 Å². The molecular weight excluding hydrogens is 333 g/mol. The van der Waals surface area contributed by atoms with Crippen molar-refractivity contribution in [2.45, 2.75) is 13.8 Å². The fourth-order valence-electron chi connectivity index (χ4n) is 1.75. The van der Waals surface area contributed by atoms with Gasteiger partial charge in [0.2, 0.25) is 0 Å². The van der Waals surface area contributed by atoms with Crippen LogP contribution in [0.15, 0.2) is 18.2 Å².